The van der Waals surface area contributed by atoms with E-state index in [1.807, 2.05) is 12.1 Å². The van der Waals surface area contributed by atoms with Crippen LogP contribution < -0.4 is 14.5 Å². The van der Waals surface area contributed by atoms with Gasteiger partial charge in [0.05, 0.1) is 30.8 Å². The molecule has 1 fully saturated rings. The molecular weight excluding hydrogens is 352 g/mol. The standard InChI is InChI=1S/C20H19ClN2O3/c1-26-18-7-6-15(10-16(18)21)23-19(24)11-17(20(23)25)22-9-8-13-4-2-3-5-14(13)12-22/h2-7,10,17H,8-9,11-12H2,1H3/p+1/t17-/m0/s1. The molecule has 1 saturated heterocycles. The zero-order chi connectivity index (χ0) is 18.3. The Kier molecular flexibility index (Phi) is 4.42. The summed E-state index contributed by atoms with van der Waals surface area (Å²) in [4.78, 5) is 28.0. The van der Waals surface area contributed by atoms with Crippen molar-refractivity contribution in [3.05, 3.63) is 58.6 Å². The molecule has 26 heavy (non-hydrogen) atoms. The van der Waals surface area contributed by atoms with Crippen molar-refractivity contribution in [3.63, 3.8) is 0 Å². The van der Waals surface area contributed by atoms with E-state index in [4.69, 9.17) is 16.3 Å². The molecule has 6 heteroatoms. The number of hydrogen-bond donors (Lipinski definition) is 1. The Hall–Kier alpha value is -2.37. The number of rotatable bonds is 3. The molecule has 0 aromatic heterocycles. The number of methoxy groups -OCH3 is 1. The molecule has 2 aliphatic heterocycles. The van der Waals surface area contributed by atoms with Crippen LogP contribution in [0.15, 0.2) is 42.5 Å². The molecule has 0 aliphatic carbocycles. The van der Waals surface area contributed by atoms with Crippen LogP contribution in [-0.2, 0) is 22.6 Å². The third kappa shape index (κ3) is 2.87. The molecule has 4 rings (SSSR count). The van der Waals surface area contributed by atoms with Crippen molar-refractivity contribution in [2.45, 2.75) is 25.4 Å². The van der Waals surface area contributed by atoms with Gasteiger partial charge in [0.25, 0.3) is 5.91 Å². The fraction of sp³-hybridized carbons (Fsp3) is 0.300. The van der Waals surface area contributed by atoms with E-state index in [0.29, 0.717) is 16.5 Å². The van der Waals surface area contributed by atoms with Gasteiger partial charge >= 0.3 is 0 Å². The van der Waals surface area contributed by atoms with Crippen molar-refractivity contribution in [3.8, 4) is 5.75 Å². The number of amides is 2. The molecule has 134 valence electrons. The molecule has 2 aromatic rings. The lowest BCUT2D eigenvalue weighted by molar-refractivity contribution is -0.930. The number of quaternary nitrogens is 1. The van der Waals surface area contributed by atoms with Gasteiger partial charge < -0.3 is 9.64 Å². The third-order valence-corrected chi connectivity index (χ3v) is 5.58. The third-order valence-electron chi connectivity index (χ3n) is 5.28. The summed E-state index contributed by atoms with van der Waals surface area (Å²) in [7, 11) is 1.53. The summed E-state index contributed by atoms with van der Waals surface area (Å²) in [6, 6.07) is 13.0. The van der Waals surface area contributed by atoms with E-state index in [9.17, 15) is 9.59 Å². The highest BCUT2D eigenvalue weighted by molar-refractivity contribution is 6.32. The fourth-order valence-corrected chi connectivity index (χ4v) is 4.17. The number of carbonyl (C=O) groups excluding carboxylic acids is 2. The van der Waals surface area contributed by atoms with Crippen molar-refractivity contribution >= 4 is 29.1 Å². The minimum Gasteiger partial charge on any atom is -0.495 e. The first-order valence-corrected chi connectivity index (χ1v) is 9.08. The van der Waals surface area contributed by atoms with E-state index >= 15 is 0 Å². The highest BCUT2D eigenvalue weighted by atomic mass is 35.5. The van der Waals surface area contributed by atoms with E-state index in [0.717, 1.165) is 24.4 Å². The maximum Gasteiger partial charge on any atom is 0.292 e. The Morgan fingerprint density at radius 1 is 1.15 bits per heavy atom. The van der Waals surface area contributed by atoms with Gasteiger partial charge in [0.15, 0.2) is 6.04 Å². The van der Waals surface area contributed by atoms with Crippen molar-refractivity contribution in [2.24, 2.45) is 0 Å². The number of hydrogen-bond acceptors (Lipinski definition) is 3. The van der Waals surface area contributed by atoms with Crippen LogP contribution in [0.3, 0.4) is 0 Å². The minimum atomic E-state index is -0.336. The number of benzene rings is 2. The lowest BCUT2D eigenvalue weighted by Crippen LogP contribution is -3.16. The molecule has 0 radical (unpaired) electrons. The summed E-state index contributed by atoms with van der Waals surface area (Å²) < 4.78 is 5.14. The SMILES string of the molecule is COc1ccc(N2C(=O)C[C@H]([NH+]3CCc4ccccc4C3)C2=O)cc1Cl. The van der Waals surface area contributed by atoms with Crippen LogP contribution in [-0.4, -0.2) is 31.5 Å². The lowest BCUT2D eigenvalue weighted by Gasteiger charge is -2.29. The molecule has 2 aromatic carbocycles. The molecular formula is C20H20ClN2O3+. The average molecular weight is 372 g/mol. The van der Waals surface area contributed by atoms with Crippen molar-refractivity contribution in [1.29, 1.82) is 0 Å². The summed E-state index contributed by atoms with van der Waals surface area (Å²) in [5, 5.41) is 0.383. The number of ether oxygens (including phenoxy) is 1. The number of halogens is 1. The predicted molar refractivity (Wildman–Crippen MR) is 98.6 cm³/mol. The molecule has 0 bridgehead atoms. The zero-order valence-corrected chi connectivity index (χ0v) is 15.3. The summed E-state index contributed by atoms with van der Waals surface area (Å²) in [5.41, 5.74) is 3.11. The van der Waals surface area contributed by atoms with E-state index in [-0.39, 0.29) is 24.3 Å². The van der Waals surface area contributed by atoms with Crippen LogP contribution in [0, 0.1) is 0 Å². The number of nitrogens with zero attached hydrogens (tertiary/aromatic N) is 1. The van der Waals surface area contributed by atoms with E-state index in [1.54, 1.807) is 18.2 Å². The van der Waals surface area contributed by atoms with Gasteiger partial charge in [0.2, 0.25) is 5.91 Å². The van der Waals surface area contributed by atoms with Gasteiger partial charge in [-0.05, 0) is 23.8 Å². The van der Waals surface area contributed by atoms with Crippen molar-refractivity contribution < 1.29 is 19.2 Å². The molecule has 2 amide bonds. The number of imide groups is 1. The molecule has 2 aliphatic rings. The summed E-state index contributed by atoms with van der Waals surface area (Å²) in [6.45, 7) is 1.63. The predicted octanol–water partition coefficient (Wildman–Crippen LogP) is 1.62. The topological polar surface area (TPSA) is 51.0 Å². The fourth-order valence-electron chi connectivity index (χ4n) is 3.92. The second-order valence-corrected chi connectivity index (χ2v) is 7.15. The Bertz CT molecular complexity index is 883. The first-order chi connectivity index (χ1) is 12.6. The van der Waals surface area contributed by atoms with Gasteiger partial charge in [0, 0.05) is 12.0 Å². The number of anilines is 1. The quantitative estimate of drug-likeness (QED) is 0.834. The molecule has 0 spiro atoms. The van der Waals surface area contributed by atoms with Crippen LogP contribution >= 0.6 is 11.6 Å². The summed E-state index contributed by atoms with van der Waals surface area (Å²) in [6.07, 6.45) is 1.16. The van der Waals surface area contributed by atoms with E-state index in [2.05, 4.69) is 12.1 Å². The summed E-state index contributed by atoms with van der Waals surface area (Å²) in [5.74, 6) is 0.197. The molecule has 5 nitrogen and oxygen atoms in total. The highest BCUT2D eigenvalue weighted by Gasteiger charge is 2.46. The maximum absolute atomic E-state index is 13.0. The summed E-state index contributed by atoms with van der Waals surface area (Å²) >= 11 is 6.17. The van der Waals surface area contributed by atoms with Gasteiger partial charge in [-0.15, -0.1) is 0 Å². The molecule has 1 N–H and O–H groups in total. The maximum atomic E-state index is 13.0. The van der Waals surface area contributed by atoms with Crippen molar-refractivity contribution in [2.75, 3.05) is 18.6 Å². The van der Waals surface area contributed by atoms with Gasteiger partial charge in [0.1, 0.15) is 12.3 Å². The van der Waals surface area contributed by atoms with Gasteiger partial charge in [-0.3, -0.25) is 9.59 Å². The molecule has 2 heterocycles. The normalized spacial score (nSPS) is 22.5. The number of fused-ring (bicyclic) bond motifs is 1. The van der Waals surface area contributed by atoms with Crippen LogP contribution in [0.2, 0.25) is 5.02 Å². The average Bonchev–Trinajstić information content (AvgIpc) is 2.95. The first kappa shape index (κ1) is 17.1. The van der Waals surface area contributed by atoms with E-state index in [1.165, 1.54) is 23.1 Å². The van der Waals surface area contributed by atoms with E-state index < -0.39 is 0 Å². The number of carbonyl (C=O) groups is 2. The Morgan fingerprint density at radius 2 is 1.92 bits per heavy atom. The van der Waals surface area contributed by atoms with Crippen LogP contribution in [0.25, 0.3) is 0 Å². The zero-order valence-electron chi connectivity index (χ0n) is 14.5. The van der Waals surface area contributed by atoms with Crippen LogP contribution in [0.5, 0.6) is 5.75 Å². The van der Waals surface area contributed by atoms with Gasteiger partial charge in [-0.1, -0.05) is 35.9 Å². The Morgan fingerprint density at radius 3 is 2.65 bits per heavy atom. The van der Waals surface area contributed by atoms with Crippen LogP contribution in [0.4, 0.5) is 5.69 Å². The van der Waals surface area contributed by atoms with Crippen LogP contribution in [0.1, 0.15) is 17.5 Å². The minimum absolute atomic E-state index is 0.148. The number of nitrogens with one attached hydrogen (secondary N) is 1. The smallest absolute Gasteiger partial charge is 0.292 e. The Labute approximate surface area is 157 Å². The first-order valence-electron chi connectivity index (χ1n) is 8.70. The van der Waals surface area contributed by atoms with Gasteiger partial charge in [-0.25, -0.2) is 4.90 Å². The van der Waals surface area contributed by atoms with Crippen molar-refractivity contribution in [1.82, 2.24) is 0 Å². The largest absolute Gasteiger partial charge is 0.495 e. The second kappa shape index (κ2) is 6.74. The lowest BCUT2D eigenvalue weighted by atomic mass is 9.98. The molecule has 0 saturated carbocycles. The Balaban J connectivity index is 1.57. The second-order valence-electron chi connectivity index (χ2n) is 6.75. The van der Waals surface area contributed by atoms with Gasteiger partial charge in [-0.2, -0.15) is 0 Å². The molecule has 2 atom stereocenters. The highest BCUT2D eigenvalue weighted by Crippen LogP contribution is 2.31. The molecule has 1 unspecified atom stereocenters. The monoisotopic (exact) mass is 371 g/mol.